The van der Waals surface area contributed by atoms with Gasteiger partial charge in [-0.25, -0.2) is 4.79 Å². The Balaban J connectivity index is 1.55. The molecule has 0 bridgehead atoms. The average Bonchev–Trinajstić information content (AvgIpc) is 2.92. The maximum absolute atomic E-state index is 12.6. The third kappa shape index (κ3) is 9.34. The third-order valence-electron chi connectivity index (χ3n) is 5.35. The van der Waals surface area contributed by atoms with Crippen molar-refractivity contribution in [3.8, 4) is 0 Å². The van der Waals surface area contributed by atoms with Crippen molar-refractivity contribution in [2.45, 2.75) is 12.6 Å². The van der Waals surface area contributed by atoms with Gasteiger partial charge in [-0.2, -0.15) is 0 Å². The van der Waals surface area contributed by atoms with E-state index in [4.69, 9.17) is 4.74 Å². The van der Waals surface area contributed by atoms with Crippen molar-refractivity contribution < 1.29 is 34.3 Å². The number of hydrogen-bond acceptors (Lipinski definition) is 6. The van der Waals surface area contributed by atoms with E-state index in [0.29, 0.717) is 11.3 Å². The van der Waals surface area contributed by atoms with E-state index in [1.165, 1.54) is 0 Å². The summed E-state index contributed by atoms with van der Waals surface area (Å²) in [5, 5.41) is 20.3. The number of quaternary nitrogens is 1. The lowest BCUT2D eigenvalue weighted by molar-refractivity contribution is -0.682. The summed E-state index contributed by atoms with van der Waals surface area (Å²) in [4.78, 5) is 47.7. The molecule has 0 fully saturated rings. The largest absolute Gasteiger partial charge is 0.544 e. The van der Waals surface area contributed by atoms with Crippen LogP contribution in [0.1, 0.15) is 22.7 Å². The van der Waals surface area contributed by atoms with Crippen molar-refractivity contribution in [3.05, 3.63) is 100 Å². The molecule has 0 saturated carbocycles. The number of hydrogen-bond donors (Lipinski definition) is 4. The van der Waals surface area contributed by atoms with Gasteiger partial charge in [0.05, 0.1) is 18.2 Å². The summed E-state index contributed by atoms with van der Waals surface area (Å²) in [6.45, 7) is -0.917. The van der Waals surface area contributed by atoms with Gasteiger partial charge < -0.3 is 35.9 Å². The number of anilines is 1. The number of halogens is 1. The van der Waals surface area contributed by atoms with Crippen LogP contribution in [0.2, 0.25) is 0 Å². The number of ether oxygens (including phenoxy) is 1. The number of alkyl carbamates (subject to hydrolysis) is 1. The van der Waals surface area contributed by atoms with E-state index in [1.54, 1.807) is 35.6 Å². The van der Waals surface area contributed by atoms with Crippen molar-refractivity contribution in [2.75, 3.05) is 25.0 Å². The van der Waals surface area contributed by atoms with Crippen molar-refractivity contribution in [1.29, 1.82) is 0 Å². The lowest BCUT2D eigenvalue weighted by Gasteiger charge is -2.21. The van der Waals surface area contributed by atoms with Crippen LogP contribution in [0.15, 0.2) is 83.3 Å². The molecule has 5 N–H and O–H groups in total. The van der Waals surface area contributed by atoms with E-state index in [1.807, 2.05) is 48.5 Å². The first-order valence-corrected chi connectivity index (χ1v) is 12.5. The van der Waals surface area contributed by atoms with Crippen LogP contribution >= 0.6 is 15.9 Å². The van der Waals surface area contributed by atoms with Crippen molar-refractivity contribution in [2.24, 2.45) is 0 Å². The predicted molar refractivity (Wildman–Crippen MR) is 140 cm³/mol. The number of carboxylic acids is 1. The maximum Gasteiger partial charge on any atom is 0.407 e. The molecule has 1 atom stereocenters. The Hall–Kier alpha value is -4.22. The van der Waals surface area contributed by atoms with Crippen LogP contribution in [0.5, 0.6) is 0 Å². The van der Waals surface area contributed by atoms with Gasteiger partial charge in [0.1, 0.15) is 25.7 Å². The first-order valence-electron chi connectivity index (χ1n) is 11.7. The van der Waals surface area contributed by atoms with Gasteiger partial charge in [-0.15, -0.1) is 0 Å². The van der Waals surface area contributed by atoms with E-state index >= 15 is 0 Å². The van der Waals surface area contributed by atoms with Gasteiger partial charge in [0.15, 0.2) is 0 Å². The Kier molecular flexibility index (Phi) is 10.8. The molecule has 10 nitrogen and oxygen atoms in total. The summed E-state index contributed by atoms with van der Waals surface area (Å²) in [5.74, 6) is -2.29. The van der Waals surface area contributed by atoms with E-state index in [0.717, 1.165) is 15.6 Å². The second-order valence-electron chi connectivity index (χ2n) is 8.17. The molecule has 0 aromatic heterocycles. The summed E-state index contributed by atoms with van der Waals surface area (Å²) in [6, 6.07) is 23.1. The molecule has 0 spiro atoms. The highest BCUT2D eigenvalue weighted by atomic mass is 79.9. The Bertz CT molecular complexity index is 1260. The van der Waals surface area contributed by atoms with Crippen molar-refractivity contribution in [1.82, 2.24) is 10.6 Å². The minimum absolute atomic E-state index is 0.0661. The number of aliphatic carboxylic acids is 1. The van der Waals surface area contributed by atoms with Gasteiger partial charge in [0.2, 0.25) is 11.8 Å². The zero-order chi connectivity index (χ0) is 27.3. The number of carbonyl (C=O) groups is 4. The molecular formula is C27H27BrN4O6. The first-order chi connectivity index (χ1) is 18.3. The number of nitrogens with one attached hydrogen (secondary N) is 3. The molecule has 11 heteroatoms. The highest BCUT2D eigenvalue weighted by Crippen LogP contribution is 2.29. The molecular weight excluding hydrogens is 556 g/mol. The molecule has 3 rings (SSSR count). The van der Waals surface area contributed by atoms with E-state index in [9.17, 15) is 24.3 Å². The summed E-state index contributed by atoms with van der Waals surface area (Å²) in [7, 11) is 0. The van der Waals surface area contributed by atoms with Crippen LogP contribution in [-0.4, -0.2) is 43.5 Å². The Morgan fingerprint density at radius 3 is 2.21 bits per heavy atom. The zero-order valence-corrected chi connectivity index (χ0v) is 21.9. The summed E-state index contributed by atoms with van der Waals surface area (Å²) >= 11 is 3.43. The lowest BCUT2D eigenvalue weighted by atomic mass is 9.97. The highest BCUT2D eigenvalue weighted by Gasteiger charge is 2.22. The standard InChI is InChI=1S/C27H27BrN4O6/c28-20-11-12-22(21(13-20)26(30-16-25(35)36)19-9-5-2-6-10-19)32-24(34)15-29-23(33)14-31-27(37)38-17-18-7-3-1-4-8-18/h1-13,26,30H,14-17H2,(H,29,33)(H,31,37)(H,32,34)(H,35,36)/t26-/m1/s1. The highest BCUT2D eigenvalue weighted by molar-refractivity contribution is 9.10. The summed E-state index contributed by atoms with van der Waals surface area (Å²) in [6.07, 6.45) is -0.757. The molecule has 3 amide bonds. The fraction of sp³-hybridized carbons (Fsp3) is 0.185. The van der Waals surface area contributed by atoms with Gasteiger partial charge in [-0.05, 0) is 23.8 Å². The molecule has 38 heavy (non-hydrogen) atoms. The minimum atomic E-state index is -1.22. The first kappa shape index (κ1) is 28.4. The second kappa shape index (κ2) is 14.5. The molecule has 0 aliphatic carbocycles. The molecule has 3 aromatic rings. The topological polar surface area (TPSA) is 153 Å². The molecule has 0 heterocycles. The number of carbonyl (C=O) groups excluding carboxylic acids is 4. The molecule has 0 aliphatic rings. The molecule has 0 aliphatic heterocycles. The smallest absolute Gasteiger partial charge is 0.407 e. The van der Waals surface area contributed by atoms with Crippen LogP contribution < -0.4 is 26.4 Å². The van der Waals surface area contributed by atoms with Gasteiger partial charge in [-0.1, -0.05) is 76.6 Å². The van der Waals surface area contributed by atoms with Crippen molar-refractivity contribution in [3.63, 3.8) is 0 Å². The number of amides is 3. The van der Waals surface area contributed by atoms with Crippen LogP contribution in [-0.2, 0) is 25.7 Å². The molecule has 3 aromatic carbocycles. The fourth-order valence-electron chi connectivity index (χ4n) is 3.58. The van der Waals surface area contributed by atoms with Crippen LogP contribution in [0.3, 0.4) is 0 Å². The van der Waals surface area contributed by atoms with Gasteiger partial charge >= 0.3 is 6.09 Å². The Morgan fingerprint density at radius 1 is 0.868 bits per heavy atom. The predicted octanol–water partition coefficient (Wildman–Crippen LogP) is 0.833. The lowest BCUT2D eigenvalue weighted by Crippen LogP contribution is -2.88. The maximum atomic E-state index is 12.6. The van der Waals surface area contributed by atoms with Gasteiger partial charge in [-0.3, -0.25) is 9.59 Å². The zero-order valence-electron chi connectivity index (χ0n) is 20.3. The Labute approximate surface area is 227 Å². The normalized spacial score (nSPS) is 11.2. The second-order valence-corrected chi connectivity index (χ2v) is 9.09. The Morgan fingerprint density at radius 2 is 1.53 bits per heavy atom. The summed E-state index contributed by atoms with van der Waals surface area (Å²) in [5.41, 5.74) is 2.76. The number of rotatable bonds is 12. The van der Waals surface area contributed by atoms with E-state index < -0.39 is 29.9 Å². The number of benzene rings is 3. The monoisotopic (exact) mass is 582 g/mol. The molecule has 0 saturated heterocycles. The molecule has 0 radical (unpaired) electrons. The minimum Gasteiger partial charge on any atom is -0.544 e. The van der Waals surface area contributed by atoms with Crippen LogP contribution in [0.25, 0.3) is 0 Å². The van der Waals surface area contributed by atoms with Crippen LogP contribution in [0.4, 0.5) is 10.5 Å². The number of carboxylic acid groups (broad SMARTS) is 1. The third-order valence-corrected chi connectivity index (χ3v) is 5.85. The molecule has 198 valence electrons. The SMILES string of the molecule is O=C([O-])C[NH2+][C@H](c1ccccc1)c1cc(Br)ccc1NC(=O)CNC(=O)CNC(=O)OCc1ccccc1. The summed E-state index contributed by atoms with van der Waals surface area (Å²) < 4.78 is 5.78. The van der Waals surface area contributed by atoms with Gasteiger partial charge in [0, 0.05) is 15.6 Å². The quantitative estimate of drug-likeness (QED) is 0.248. The fourth-order valence-corrected chi connectivity index (χ4v) is 3.96. The van der Waals surface area contributed by atoms with Gasteiger partial charge in [0.25, 0.3) is 0 Å². The van der Waals surface area contributed by atoms with E-state index in [-0.39, 0.29) is 26.2 Å². The molecule has 0 unspecified atom stereocenters. The van der Waals surface area contributed by atoms with Crippen LogP contribution in [0, 0.1) is 0 Å². The van der Waals surface area contributed by atoms with Crippen molar-refractivity contribution >= 4 is 45.5 Å². The average molecular weight is 583 g/mol. The number of nitrogens with two attached hydrogens (primary N) is 1. The van der Waals surface area contributed by atoms with E-state index in [2.05, 4.69) is 31.9 Å².